The van der Waals surface area contributed by atoms with Gasteiger partial charge in [0.15, 0.2) is 0 Å². The topological polar surface area (TPSA) is 6.48 Å². The van der Waals surface area contributed by atoms with Crippen molar-refractivity contribution in [3.05, 3.63) is 124 Å². The molecule has 214 valence electrons. The Bertz CT molecular complexity index is 1900. The monoisotopic (exact) mass is 560 g/mol. The van der Waals surface area contributed by atoms with Crippen LogP contribution in [0.15, 0.2) is 84.9 Å². The Hall–Kier alpha value is -4.24. The first-order valence-corrected chi connectivity index (χ1v) is 15.6. The molecule has 0 N–H and O–H groups in total. The molecular formula is C40H41BN2. The van der Waals surface area contributed by atoms with Gasteiger partial charge in [0.1, 0.15) is 0 Å². The summed E-state index contributed by atoms with van der Waals surface area (Å²) < 4.78 is 0. The zero-order valence-corrected chi connectivity index (χ0v) is 27.1. The highest BCUT2D eigenvalue weighted by Crippen LogP contribution is 2.46. The van der Waals surface area contributed by atoms with Gasteiger partial charge in [-0.3, -0.25) is 0 Å². The molecule has 2 aliphatic heterocycles. The van der Waals surface area contributed by atoms with E-state index in [0.29, 0.717) is 0 Å². The highest BCUT2D eigenvalue weighted by molar-refractivity contribution is 7.00. The molecule has 2 nitrogen and oxygen atoms in total. The predicted octanol–water partition coefficient (Wildman–Crippen LogP) is 8.92. The summed E-state index contributed by atoms with van der Waals surface area (Å²) in [5, 5.41) is 0. The zero-order valence-electron chi connectivity index (χ0n) is 27.1. The summed E-state index contributed by atoms with van der Waals surface area (Å²) in [5.74, 6) is 0. The van der Waals surface area contributed by atoms with Gasteiger partial charge < -0.3 is 9.80 Å². The SMILES string of the molecule is Cc1cc(C)cc(N2c3ccccc3B3c4c(C)cc(C)cc4N(c4cc(C)cc(C)c4)c4cc(C(C)(C)C)cc2c43)c1. The molecule has 0 spiro atoms. The third kappa shape index (κ3) is 4.40. The van der Waals surface area contributed by atoms with Gasteiger partial charge in [-0.05, 0) is 145 Å². The third-order valence-corrected chi connectivity index (χ3v) is 9.23. The Kier molecular flexibility index (Phi) is 6.19. The van der Waals surface area contributed by atoms with Crippen LogP contribution in [0, 0.1) is 41.5 Å². The van der Waals surface area contributed by atoms with Crippen LogP contribution >= 0.6 is 0 Å². The minimum absolute atomic E-state index is 0.0246. The summed E-state index contributed by atoms with van der Waals surface area (Å²) >= 11 is 0. The number of hydrogen-bond acceptors (Lipinski definition) is 2. The fourth-order valence-corrected chi connectivity index (χ4v) is 7.60. The third-order valence-electron chi connectivity index (χ3n) is 9.23. The number of para-hydroxylation sites is 1. The van der Waals surface area contributed by atoms with Crippen molar-refractivity contribution in [3.63, 3.8) is 0 Å². The van der Waals surface area contributed by atoms with Gasteiger partial charge in [-0.15, -0.1) is 0 Å². The Morgan fingerprint density at radius 3 is 1.49 bits per heavy atom. The van der Waals surface area contributed by atoms with Crippen LogP contribution in [0.1, 0.15) is 59.7 Å². The minimum atomic E-state index is -0.0246. The molecule has 0 saturated heterocycles. The lowest BCUT2D eigenvalue weighted by Crippen LogP contribution is -2.62. The van der Waals surface area contributed by atoms with Crippen LogP contribution in [0.3, 0.4) is 0 Å². The highest BCUT2D eigenvalue weighted by atomic mass is 15.2. The summed E-state index contributed by atoms with van der Waals surface area (Å²) in [6, 6.07) is 32.8. The fourth-order valence-electron chi connectivity index (χ4n) is 7.60. The molecule has 2 heterocycles. The molecule has 2 aliphatic rings. The summed E-state index contributed by atoms with van der Waals surface area (Å²) in [6.07, 6.45) is 0. The first-order chi connectivity index (χ1) is 20.4. The molecule has 0 amide bonds. The molecule has 0 saturated carbocycles. The second kappa shape index (κ2) is 9.64. The average molecular weight is 561 g/mol. The molecule has 0 radical (unpaired) electrons. The summed E-state index contributed by atoms with van der Waals surface area (Å²) in [7, 11) is 0. The molecule has 0 atom stereocenters. The van der Waals surface area contributed by atoms with Crippen LogP contribution in [0.25, 0.3) is 0 Å². The summed E-state index contributed by atoms with van der Waals surface area (Å²) in [4.78, 5) is 5.10. The molecule has 5 aromatic rings. The van der Waals surface area contributed by atoms with Crippen molar-refractivity contribution < 1.29 is 0 Å². The van der Waals surface area contributed by atoms with Gasteiger partial charge in [-0.2, -0.15) is 0 Å². The normalized spacial score (nSPS) is 13.6. The van der Waals surface area contributed by atoms with Crippen LogP contribution in [-0.4, -0.2) is 6.71 Å². The van der Waals surface area contributed by atoms with Crippen LogP contribution in [0.5, 0.6) is 0 Å². The molecule has 43 heavy (non-hydrogen) atoms. The molecule has 7 rings (SSSR count). The van der Waals surface area contributed by atoms with E-state index in [1.54, 1.807) is 0 Å². The van der Waals surface area contributed by atoms with Gasteiger partial charge in [0.25, 0.3) is 6.71 Å². The first-order valence-electron chi connectivity index (χ1n) is 15.6. The number of aryl methyl sites for hydroxylation is 6. The lowest BCUT2D eigenvalue weighted by Gasteiger charge is -2.45. The Morgan fingerprint density at radius 1 is 0.488 bits per heavy atom. The van der Waals surface area contributed by atoms with Crippen molar-refractivity contribution in [1.82, 2.24) is 0 Å². The second-order valence-corrected chi connectivity index (χ2v) is 14.0. The lowest BCUT2D eigenvalue weighted by atomic mass is 9.32. The van der Waals surface area contributed by atoms with Crippen LogP contribution in [0.2, 0.25) is 0 Å². The van der Waals surface area contributed by atoms with Crippen molar-refractivity contribution in [2.24, 2.45) is 0 Å². The van der Waals surface area contributed by atoms with Gasteiger partial charge in [0.05, 0.1) is 0 Å². The van der Waals surface area contributed by atoms with Gasteiger partial charge >= 0.3 is 0 Å². The summed E-state index contributed by atoms with van der Waals surface area (Å²) in [6.45, 7) is 20.5. The molecule has 0 unspecified atom stereocenters. The first kappa shape index (κ1) is 27.6. The van der Waals surface area contributed by atoms with E-state index in [-0.39, 0.29) is 12.1 Å². The fraction of sp³-hybridized carbons (Fsp3) is 0.250. The van der Waals surface area contributed by atoms with Crippen molar-refractivity contribution >= 4 is 57.2 Å². The Labute approximate surface area is 258 Å². The lowest BCUT2D eigenvalue weighted by molar-refractivity contribution is 0.590. The van der Waals surface area contributed by atoms with Crippen molar-refractivity contribution in [1.29, 1.82) is 0 Å². The van der Waals surface area contributed by atoms with Gasteiger partial charge in [-0.1, -0.05) is 62.7 Å². The van der Waals surface area contributed by atoms with Gasteiger partial charge in [0.2, 0.25) is 0 Å². The Balaban J connectivity index is 1.66. The van der Waals surface area contributed by atoms with Crippen LogP contribution in [-0.2, 0) is 5.41 Å². The largest absolute Gasteiger partial charge is 0.311 e. The van der Waals surface area contributed by atoms with E-state index < -0.39 is 0 Å². The number of anilines is 6. The smallest absolute Gasteiger partial charge is 0.252 e. The van der Waals surface area contributed by atoms with Crippen LogP contribution in [0.4, 0.5) is 34.1 Å². The van der Waals surface area contributed by atoms with Gasteiger partial charge in [-0.25, -0.2) is 0 Å². The Morgan fingerprint density at radius 2 is 0.953 bits per heavy atom. The molecule has 0 fully saturated rings. The van der Waals surface area contributed by atoms with E-state index in [4.69, 9.17) is 0 Å². The van der Waals surface area contributed by atoms with E-state index in [1.807, 2.05) is 0 Å². The summed E-state index contributed by atoms with van der Waals surface area (Å²) in [5.41, 5.74) is 20.9. The minimum Gasteiger partial charge on any atom is -0.311 e. The number of benzene rings is 5. The molecule has 0 aliphatic carbocycles. The van der Waals surface area contributed by atoms with Crippen LogP contribution < -0.4 is 26.2 Å². The molecule has 3 heteroatoms. The highest BCUT2D eigenvalue weighted by Gasteiger charge is 2.44. The molecule has 0 bridgehead atoms. The maximum absolute atomic E-state index is 2.56. The van der Waals surface area contributed by atoms with E-state index in [1.165, 1.54) is 89.5 Å². The van der Waals surface area contributed by atoms with E-state index in [9.17, 15) is 0 Å². The van der Waals surface area contributed by atoms with Crippen molar-refractivity contribution in [3.8, 4) is 0 Å². The quantitative estimate of drug-likeness (QED) is 0.195. The number of fused-ring (bicyclic) bond motifs is 4. The average Bonchev–Trinajstić information content (AvgIpc) is 2.90. The van der Waals surface area contributed by atoms with E-state index in [2.05, 4.69) is 157 Å². The zero-order chi connectivity index (χ0) is 30.4. The molecule has 0 aromatic heterocycles. The maximum atomic E-state index is 2.56. The second-order valence-electron chi connectivity index (χ2n) is 14.0. The van der Waals surface area contributed by atoms with Gasteiger partial charge in [0, 0.05) is 34.1 Å². The number of rotatable bonds is 2. The van der Waals surface area contributed by atoms with E-state index in [0.717, 1.165) is 0 Å². The van der Waals surface area contributed by atoms with Crippen molar-refractivity contribution in [2.75, 3.05) is 9.80 Å². The predicted molar refractivity (Wildman–Crippen MR) is 188 cm³/mol. The standard InChI is InChI=1S/C40H41BN2/c1-24-14-25(2)18-31(17-24)42-34-13-11-10-12-33(34)41-38-29(6)16-28(5)21-35(38)43(32-19-26(3)15-27(4)20-32)37-23-30(40(7,8)9)22-36(42)39(37)41/h10-23H,1-9H3. The number of hydrogen-bond donors (Lipinski definition) is 0. The van der Waals surface area contributed by atoms with E-state index >= 15 is 0 Å². The molecular weight excluding hydrogens is 519 g/mol. The molecule has 5 aromatic carbocycles. The maximum Gasteiger partial charge on any atom is 0.252 e. The van der Waals surface area contributed by atoms with Crippen molar-refractivity contribution in [2.45, 2.75) is 67.7 Å². The number of nitrogens with zero attached hydrogens (tertiary/aromatic N) is 2.